The highest BCUT2D eigenvalue weighted by atomic mass is 35.5. The molecule has 0 aliphatic carbocycles. The molecule has 0 aliphatic heterocycles. The third kappa shape index (κ3) is 2.12. The van der Waals surface area contributed by atoms with Crippen LogP contribution >= 0.6 is 23.2 Å². The van der Waals surface area contributed by atoms with Crippen molar-refractivity contribution in [3.8, 4) is 0 Å². The molecule has 1 aromatic heterocycles. The molecule has 0 saturated heterocycles. The Kier molecular flexibility index (Phi) is 3.31. The van der Waals surface area contributed by atoms with Gasteiger partial charge in [0.2, 0.25) is 0 Å². The maximum atomic E-state index is 12.2. The van der Waals surface area contributed by atoms with E-state index >= 15 is 0 Å². The number of nitrogens with zero attached hydrogens (tertiary/aromatic N) is 1. The van der Waals surface area contributed by atoms with Gasteiger partial charge in [-0.1, -0.05) is 29.3 Å². The van der Waals surface area contributed by atoms with Crippen LogP contribution in [0.15, 0.2) is 36.5 Å². The number of aldehydes is 1. The van der Waals surface area contributed by atoms with E-state index < -0.39 is 5.91 Å². The fraction of sp³-hybridized carbons (Fsp3) is 0. The van der Waals surface area contributed by atoms with Crippen LogP contribution in [0.5, 0.6) is 0 Å². The Hall–Kier alpha value is -1.58. The average Bonchev–Trinajstić information content (AvgIpc) is 2.76. The largest absolute Gasteiger partial charge is 0.296 e. The summed E-state index contributed by atoms with van der Waals surface area (Å²) in [5, 5.41) is 0.515. The molecule has 2 aromatic rings. The van der Waals surface area contributed by atoms with Gasteiger partial charge in [0.05, 0.1) is 21.3 Å². The lowest BCUT2D eigenvalue weighted by atomic mass is 10.2. The molecular formula is C12H7Cl2NO2. The van der Waals surface area contributed by atoms with Crippen molar-refractivity contribution in [3.05, 3.63) is 57.8 Å². The second kappa shape index (κ2) is 4.73. The molecular weight excluding hydrogens is 261 g/mol. The minimum Gasteiger partial charge on any atom is -0.296 e. The first-order chi connectivity index (χ1) is 8.15. The zero-order chi connectivity index (χ0) is 12.4. The molecule has 0 bridgehead atoms. The van der Waals surface area contributed by atoms with Gasteiger partial charge in [0, 0.05) is 6.20 Å². The quantitative estimate of drug-likeness (QED) is 0.784. The number of hydrogen-bond acceptors (Lipinski definition) is 2. The van der Waals surface area contributed by atoms with E-state index in [1.165, 1.54) is 16.8 Å². The second-order valence-electron chi connectivity index (χ2n) is 3.32. The maximum absolute atomic E-state index is 12.2. The van der Waals surface area contributed by atoms with Crippen LogP contribution in [0, 0.1) is 0 Å². The van der Waals surface area contributed by atoms with Crippen LogP contribution in [-0.2, 0) is 0 Å². The minimum atomic E-state index is -0.423. The summed E-state index contributed by atoms with van der Waals surface area (Å²) in [5.74, 6) is -0.423. The number of benzene rings is 1. The van der Waals surface area contributed by atoms with Crippen molar-refractivity contribution in [2.24, 2.45) is 0 Å². The monoisotopic (exact) mass is 267 g/mol. The molecule has 1 heterocycles. The fourth-order valence-corrected chi connectivity index (χ4v) is 2.06. The number of carbonyl (C=O) groups is 2. The third-order valence-electron chi connectivity index (χ3n) is 2.30. The molecule has 0 spiro atoms. The molecule has 17 heavy (non-hydrogen) atoms. The predicted molar refractivity (Wildman–Crippen MR) is 66.0 cm³/mol. The molecule has 0 amide bonds. The summed E-state index contributed by atoms with van der Waals surface area (Å²) >= 11 is 11.9. The van der Waals surface area contributed by atoms with Crippen LogP contribution in [-0.4, -0.2) is 16.8 Å². The van der Waals surface area contributed by atoms with Crippen LogP contribution in [0.25, 0.3) is 0 Å². The topological polar surface area (TPSA) is 39.1 Å². The summed E-state index contributed by atoms with van der Waals surface area (Å²) in [7, 11) is 0. The summed E-state index contributed by atoms with van der Waals surface area (Å²) in [6.45, 7) is 0. The molecule has 0 fully saturated rings. The molecule has 0 aliphatic rings. The molecule has 0 radical (unpaired) electrons. The van der Waals surface area contributed by atoms with E-state index in [9.17, 15) is 9.59 Å². The summed E-state index contributed by atoms with van der Waals surface area (Å²) in [6.07, 6.45) is 2.09. The van der Waals surface area contributed by atoms with Gasteiger partial charge in [-0.15, -0.1) is 0 Å². The second-order valence-corrected chi connectivity index (χ2v) is 4.14. The van der Waals surface area contributed by atoms with Gasteiger partial charge in [-0.3, -0.25) is 14.2 Å². The van der Waals surface area contributed by atoms with Crippen LogP contribution in [0.2, 0.25) is 10.0 Å². The highest BCUT2D eigenvalue weighted by Crippen LogP contribution is 2.25. The van der Waals surface area contributed by atoms with Gasteiger partial charge < -0.3 is 0 Å². The summed E-state index contributed by atoms with van der Waals surface area (Å²) in [6, 6.07) is 7.94. The van der Waals surface area contributed by atoms with Crippen LogP contribution < -0.4 is 0 Å². The Balaban J connectivity index is 2.55. The first-order valence-electron chi connectivity index (χ1n) is 4.76. The lowest BCUT2D eigenvalue weighted by Crippen LogP contribution is -2.14. The van der Waals surface area contributed by atoms with Crippen LogP contribution in [0.4, 0.5) is 0 Å². The number of aromatic nitrogens is 1. The lowest BCUT2D eigenvalue weighted by Gasteiger charge is -2.07. The van der Waals surface area contributed by atoms with Gasteiger partial charge in [-0.05, 0) is 24.3 Å². The highest BCUT2D eigenvalue weighted by Gasteiger charge is 2.17. The Morgan fingerprint density at radius 2 is 1.76 bits per heavy atom. The van der Waals surface area contributed by atoms with E-state index in [-0.39, 0.29) is 21.3 Å². The lowest BCUT2D eigenvalue weighted by molar-refractivity contribution is 0.0947. The predicted octanol–water partition coefficient (Wildman–Crippen LogP) is 3.30. The Morgan fingerprint density at radius 3 is 2.35 bits per heavy atom. The van der Waals surface area contributed by atoms with E-state index in [2.05, 4.69) is 0 Å². The first-order valence-corrected chi connectivity index (χ1v) is 5.52. The zero-order valence-electron chi connectivity index (χ0n) is 8.56. The van der Waals surface area contributed by atoms with Crippen LogP contribution in [0.3, 0.4) is 0 Å². The molecule has 0 saturated carbocycles. The highest BCUT2D eigenvalue weighted by molar-refractivity contribution is 6.39. The van der Waals surface area contributed by atoms with E-state index in [1.54, 1.807) is 24.3 Å². The van der Waals surface area contributed by atoms with Crippen molar-refractivity contribution in [2.45, 2.75) is 0 Å². The van der Waals surface area contributed by atoms with E-state index in [4.69, 9.17) is 23.2 Å². The Labute approximate surface area is 108 Å². The molecule has 5 heteroatoms. The summed E-state index contributed by atoms with van der Waals surface area (Å²) in [5.41, 5.74) is 0.445. The van der Waals surface area contributed by atoms with Crippen molar-refractivity contribution in [3.63, 3.8) is 0 Å². The standard InChI is InChI=1S/C12H7Cl2NO2/c13-9-4-1-5-10(14)11(9)12(17)15-6-2-3-8(15)7-16/h1-7H. The molecule has 86 valence electrons. The number of halogens is 2. The SMILES string of the molecule is O=Cc1cccn1C(=O)c1c(Cl)cccc1Cl. The molecule has 0 unspecified atom stereocenters. The maximum Gasteiger partial charge on any atom is 0.265 e. The molecule has 2 rings (SSSR count). The molecule has 1 aromatic carbocycles. The summed E-state index contributed by atoms with van der Waals surface area (Å²) in [4.78, 5) is 22.9. The Bertz CT molecular complexity index is 570. The number of rotatable bonds is 2. The van der Waals surface area contributed by atoms with Gasteiger partial charge in [0.15, 0.2) is 6.29 Å². The van der Waals surface area contributed by atoms with Crippen molar-refractivity contribution in [1.82, 2.24) is 4.57 Å². The van der Waals surface area contributed by atoms with Gasteiger partial charge in [0.1, 0.15) is 0 Å². The van der Waals surface area contributed by atoms with E-state index in [0.717, 1.165) is 0 Å². The fourth-order valence-electron chi connectivity index (χ4n) is 1.50. The van der Waals surface area contributed by atoms with E-state index in [1.807, 2.05) is 0 Å². The minimum absolute atomic E-state index is 0.190. The van der Waals surface area contributed by atoms with Gasteiger partial charge in [-0.25, -0.2) is 0 Å². The van der Waals surface area contributed by atoms with Crippen molar-refractivity contribution in [1.29, 1.82) is 0 Å². The number of carbonyl (C=O) groups excluding carboxylic acids is 2. The van der Waals surface area contributed by atoms with Crippen LogP contribution in [0.1, 0.15) is 20.8 Å². The van der Waals surface area contributed by atoms with Crippen molar-refractivity contribution in [2.75, 3.05) is 0 Å². The molecule has 3 nitrogen and oxygen atoms in total. The smallest absolute Gasteiger partial charge is 0.265 e. The zero-order valence-corrected chi connectivity index (χ0v) is 10.1. The van der Waals surface area contributed by atoms with Gasteiger partial charge >= 0.3 is 0 Å². The Morgan fingerprint density at radius 1 is 1.12 bits per heavy atom. The number of hydrogen-bond donors (Lipinski definition) is 0. The van der Waals surface area contributed by atoms with E-state index in [0.29, 0.717) is 6.29 Å². The van der Waals surface area contributed by atoms with Crippen molar-refractivity contribution >= 4 is 35.4 Å². The molecule has 0 atom stereocenters. The normalized spacial score (nSPS) is 10.2. The van der Waals surface area contributed by atoms with Gasteiger partial charge in [0.25, 0.3) is 5.91 Å². The van der Waals surface area contributed by atoms with Gasteiger partial charge in [-0.2, -0.15) is 0 Å². The van der Waals surface area contributed by atoms with Crippen molar-refractivity contribution < 1.29 is 9.59 Å². The molecule has 0 N–H and O–H groups in total. The third-order valence-corrected chi connectivity index (χ3v) is 2.93. The average molecular weight is 268 g/mol. The first kappa shape index (κ1) is 11.9. The summed E-state index contributed by atoms with van der Waals surface area (Å²) < 4.78 is 1.21.